The van der Waals surface area contributed by atoms with Crippen LogP contribution in [0.3, 0.4) is 0 Å². The first-order chi connectivity index (χ1) is 9.71. The van der Waals surface area contributed by atoms with E-state index in [4.69, 9.17) is 9.84 Å². The van der Waals surface area contributed by atoms with Crippen LogP contribution in [0, 0.1) is 0 Å². The minimum Gasteiger partial charge on any atom is -0.478 e. The van der Waals surface area contributed by atoms with Crippen LogP contribution in [0.1, 0.15) is 55.5 Å². The monoisotopic (exact) mass is 306 g/mol. The Bertz CT molecular complexity index is 514. The Hall–Kier alpha value is -1.70. The zero-order valence-electron chi connectivity index (χ0n) is 12.0. The molecule has 1 rings (SSSR count). The van der Waals surface area contributed by atoms with Crippen LogP contribution in [0.4, 0.5) is 13.2 Å². The first-order valence-corrected chi connectivity index (χ1v) is 6.53. The molecule has 0 unspecified atom stereocenters. The molecule has 1 heterocycles. The van der Waals surface area contributed by atoms with E-state index in [1.807, 2.05) is 0 Å². The number of carboxylic acids is 1. The predicted octanol–water partition coefficient (Wildman–Crippen LogP) is 3.25. The number of alkyl halides is 3. The van der Waals surface area contributed by atoms with Gasteiger partial charge in [-0.15, -0.1) is 0 Å². The molecule has 0 atom stereocenters. The maximum atomic E-state index is 13.0. The lowest BCUT2D eigenvalue weighted by Gasteiger charge is -2.30. The fourth-order valence-electron chi connectivity index (χ4n) is 2.09. The van der Waals surface area contributed by atoms with Crippen molar-refractivity contribution in [2.24, 2.45) is 0 Å². The van der Waals surface area contributed by atoms with E-state index < -0.39 is 29.0 Å². The van der Waals surface area contributed by atoms with Crippen molar-refractivity contribution in [1.29, 1.82) is 0 Å². The van der Waals surface area contributed by atoms with Crippen LogP contribution in [-0.4, -0.2) is 27.7 Å². The average Bonchev–Trinajstić information content (AvgIpc) is 2.43. The molecule has 0 saturated heterocycles. The van der Waals surface area contributed by atoms with Crippen LogP contribution in [0.5, 0.6) is 0 Å². The zero-order chi connectivity index (χ0) is 16.3. The number of nitrogens with zero attached hydrogens (tertiary/aromatic N) is 2. The topological polar surface area (TPSA) is 72.3 Å². The fraction of sp³-hybridized carbons (Fsp3) is 0.615. The molecule has 0 aliphatic heterocycles. The largest absolute Gasteiger partial charge is 0.478 e. The smallest absolute Gasteiger partial charge is 0.434 e. The molecule has 0 amide bonds. The summed E-state index contributed by atoms with van der Waals surface area (Å²) in [7, 11) is 0. The summed E-state index contributed by atoms with van der Waals surface area (Å²) < 4.78 is 44.5. The van der Waals surface area contributed by atoms with Gasteiger partial charge < -0.3 is 9.84 Å². The Labute approximate surface area is 120 Å². The van der Waals surface area contributed by atoms with E-state index in [0.717, 1.165) is 0 Å². The number of hydrogen-bond donors (Lipinski definition) is 1. The van der Waals surface area contributed by atoms with E-state index in [0.29, 0.717) is 19.0 Å². The van der Waals surface area contributed by atoms with Gasteiger partial charge in [-0.05, 0) is 19.8 Å². The van der Waals surface area contributed by atoms with E-state index in [-0.39, 0.29) is 12.4 Å². The Kier molecular flexibility index (Phi) is 5.27. The number of aromatic carboxylic acids is 1. The Balaban J connectivity index is 3.49. The van der Waals surface area contributed by atoms with Crippen molar-refractivity contribution in [1.82, 2.24) is 9.97 Å². The summed E-state index contributed by atoms with van der Waals surface area (Å²) in [5, 5.41) is 8.83. The van der Waals surface area contributed by atoms with E-state index in [1.54, 1.807) is 20.8 Å². The molecule has 8 heteroatoms. The second-order valence-electron chi connectivity index (χ2n) is 4.39. The zero-order valence-corrected chi connectivity index (χ0v) is 12.0. The molecule has 0 radical (unpaired) electrons. The number of rotatable bonds is 6. The lowest BCUT2D eigenvalue weighted by Crippen LogP contribution is -2.32. The van der Waals surface area contributed by atoms with Gasteiger partial charge in [-0.25, -0.2) is 14.8 Å². The number of carboxylic acid groups (broad SMARTS) is 1. The van der Waals surface area contributed by atoms with Gasteiger partial charge in [0.25, 0.3) is 0 Å². The van der Waals surface area contributed by atoms with E-state index in [2.05, 4.69) is 9.97 Å². The van der Waals surface area contributed by atoms with Gasteiger partial charge in [-0.2, -0.15) is 13.2 Å². The molecular weight excluding hydrogens is 289 g/mol. The third-order valence-electron chi connectivity index (χ3n) is 3.26. The molecule has 118 valence electrons. The summed E-state index contributed by atoms with van der Waals surface area (Å²) in [5.74, 6) is -1.87. The van der Waals surface area contributed by atoms with Crippen LogP contribution < -0.4 is 0 Å². The molecule has 0 saturated carbocycles. The molecule has 1 aromatic heterocycles. The van der Waals surface area contributed by atoms with Gasteiger partial charge in [-0.3, -0.25) is 0 Å². The van der Waals surface area contributed by atoms with Gasteiger partial charge in [0.2, 0.25) is 0 Å². The number of ether oxygens (including phenoxy) is 1. The summed E-state index contributed by atoms with van der Waals surface area (Å²) >= 11 is 0. The van der Waals surface area contributed by atoms with Crippen molar-refractivity contribution in [2.45, 2.75) is 45.4 Å². The number of hydrogen-bond acceptors (Lipinski definition) is 4. The standard InChI is InChI=1S/C13H17F3N2O3/c1-4-12(5-2,21-6-3)11-17-7-8(10(19)20)9(18-11)13(14,15)16/h7H,4-6H2,1-3H3,(H,19,20). The molecule has 1 N–H and O–H groups in total. The molecule has 0 aliphatic carbocycles. The van der Waals surface area contributed by atoms with Crippen LogP contribution in [0.15, 0.2) is 6.20 Å². The lowest BCUT2D eigenvalue weighted by atomic mass is 9.95. The second-order valence-corrected chi connectivity index (χ2v) is 4.39. The lowest BCUT2D eigenvalue weighted by molar-refractivity contribution is -0.142. The third kappa shape index (κ3) is 3.49. The van der Waals surface area contributed by atoms with Crippen molar-refractivity contribution < 1.29 is 27.8 Å². The molecule has 0 bridgehead atoms. The van der Waals surface area contributed by atoms with Crippen molar-refractivity contribution in [3.05, 3.63) is 23.3 Å². The van der Waals surface area contributed by atoms with E-state index in [9.17, 15) is 18.0 Å². The van der Waals surface area contributed by atoms with Gasteiger partial charge in [0.05, 0.1) is 0 Å². The van der Waals surface area contributed by atoms with Crippen molar-refractivity contribution in [3.8, 4) is 0 Å². The predicted molar refractivity (Wildman–Crippen MR) is 67.9 cm³/mol. The maximum Gasteiger partial charge on any atom is 0.434 e. The van der Waals surface area contributed by atoms with E-state index in [1.165, 1.54) is 0 Å². The minimum absolute atomic E-state index is 0.147. The molecule has 1 aromatic rings. The van der Waals surface area contributed by atoms with Gasteiger partial charge in [-0.1, -0.05) is 13.8 Å². The highest BCUT2D eigenvalue weighted by Gasteiger charge is 2.41. The number of aromatic nitrogens is 2. The van der Waals surface area contributed by atoms with Crippen LogP contribution >= 0.6 is 0 Å². The molecular formula is C13H17F3N2O3. The summed E-state index contributed by atoms with van der Waals surface area (Å²) in [6.45, 7) is 5.51. The third-order valence-corrected chi connectivity index (χ3v) is 3.26. The summed E-state index contributed by atoms with van der Waals surface area (Å²) in [6.07, 6.45) is -3.43. The van der Waals surface area contributed by atoms with Crippen LogP contribution in [0.2, 0.25) is 0 Å². The van der Waals surface area contributed by atoms with Crippen molar-refractivity contribution in [3.63, 3.8) is 0 Å². The molecule has 0 fully saturated rings. The highest BCUT2D eigenvalue weighted by molar-refractivity contribution is 5.88. The minimum atomic E-state index is -4.87. The number of halogens is 3. The maximum absolute atomic E-state index is 13.0. The van der Waals surface area contributed by atoms with Gasteiger partial charge in [0, 0.05) is 12.8 Å². The average molecular weight is 306 g/mol. The van der Waals surface area contributed by atoms with E-state index >= 15 is 0 Å². The Morgan fingerprint density at radius 2 is 1.86 bits per heavy atom. The number of carbonyl (C=O) groups is 1. The normalized spacial score (nSPS) is 12.5. The molecule has 0 aromatic carbocycles. The molecule has 5 nitrogen and oxygen atoms in total. The van der Waals surface area contributed by atoms with Crippen LogP contribution in [-0.2, 0) is 16.5 Å². The van der Waals surface area contributed by atoms with Crippen molar-refractivity contribution >= 4 is 5.97 Å². The fourth-order valence-corrected chi connectivity index (χ4v) is 2.09. The summed E-state index contributed by atoms with van der Waals surface area (Å²) in [4.78, 5) is 18.1. The summed E-state index contributed by atoms with van der Waals surface area (Å²) in [5.41, 5.74) is -3.47. The first-order valence-electron chi connectivity index (χ1n) is 6.53. The van der Waals surface area contributed by atoms with Gasteiger partial charge in [0.1, 0.15) is 11.2 Å². The highest BCUT2D eigenvalue weighted by Crippen LogP contribution is 2.35. The SMILES string of the molecule is CCOC(CC)(CC)c1ncc(C(=O)O)c(C(F)(F)F)n1. The van der Waals surface area contributed by atoms with Crippen molar-refractivity contribution in [2.75, 3.05) is 6.61 Å². The molecule has 0 aliphatic rings. The van der Waals surface area contributed by atoms with Crippen LogP contribution in [0.25, 0.3) is 0 Å². The summed E-state index contributed by atoms with van der Waals surface area (Å²) in [6, 6.07) is 0. The Morgan fingerprint density at radius 3 is 2.24 bits per heavy atom. The molecule has 21 heavy (non-hydrogen) atoms. The first kappa shape index (κ1) is 17.4. The quantitative estimate of drug-likeness (QED) is 0.873. The second kappa shape index (κ2) is 6.38. The molecule has 0 spiro atoms. The Morgan fingerprint density at radius 1 is 1.29 bits per heavy atom. The highest BCUT2D eigenvalue weighted by atomic mass is 19.4. The van der Waals surface area contributed by atoms with Gasteiger partial charge >= 0.3 is 12.1 Å². The van der Waals surface area contributed by atoms with Gasteiger partial charge in [0.15, 0.2) is 11.5 Å².